The number of nitrogens with one attached hydrogen (secondary N) is 1. The van der Waals surface area contributed by atoms with Crippen molar-refractivity contribution in [2.75, 3.05) is 0 Å². The molecular formula is C14H20N2. The zero-order valence-corrected chi connectivity index (χ0v) is 10.5. The lowest BCUT2D eigenvalue weighted by Crippen LogP contribution is -2.30. The van der Waals surface area contributed by atoms with Gasteiger partial charge in [0.2, 0.25) is 0 Å². The lowest BCUT2D eigenvalue weighted by molar-refractivity contribution is 0.499. The van der Waals surface area contributed by atoms with Gasteiger partial charge in [0.25, 0.3) is 0 Å². The molecule has 1 aromatic carbocycles. The van der Waals surface area contributed by atoms with E-state index in [0.717, 1.165) is 12.0 Å². The van der Waals surface area contributed by atoms with Gasteiger partial charge in [0.15, 0.2) is 0 Å². The van der Waals surface area contributed by atoms with Crippen LogP contribution in [0.15, 0.2) is 18.2 Å². The molecule has 2 atom stereocenters. The molecule has 0 amide bonds. The molecule has 0 saturated carbocycles. The van der Waals surface area contributed by atoms with Crippen LogP contribution >= 0.6 is 0 Å². The van der Waals surface area contributed by atoms with Gasteiger partial charge in [-0.2, -0.15) is 5.26 Å². The fourth-order valence-electron chi connectivity index (χ4n) is 1.87. The molecule has 1 rings (SSSR count). The maximum atomic E-state index is 9.26. The van der Waals surface area contributed by atoms with Crippen LogP contribution in [0, 0.1) is 25.2 Å². The normalized spacial score (nSPS) is 14.2. The molecule has 0 aliphatic carbocycles. The van der Waals surface area contributed by atoms with E-state index in [1.54, 1.807) is 0 Å². The summed E-state index contributed by atoms with van der Waals surface area (Å²) in [5.41, 5.74) is 3.50. The van der Waals surface area contributed by atoms with E-state index in [4.69, 9.17) is 0 Å². The van der Waals surface area contributed by atoms with Crippen LogP contribution in [0.5, 0.6) is 0 Å². The zero-order chi connectivity index (χ0) is 12.1. The Bertz CT molecular complexity index is 370. The van der Waals surface area contributed by atoms with Crippen LogP contribution in [-0.4, -0.2) is 6.04 Å². The highest BCUT2D eigenvalue weighted by molar-refractivity contribution is 5.38. The predicted octanol–water partition coefficient (Wildman–Crippen LogP) is 3.26. The van der Waals surface area contributed by atoms with E-state index < -0.39 is 0 Å². The van der Waals surface area contributed by atoms with Crippen molar-refractivity contribution >= 4 is 0 Å². The summed E-state index contributed by atoms with van der Waals surface area (Å²) in [5.74, 6) is 0. The van der Waals surface area contributed by atoms with Gasteiger partial charge in [-0.15, -0.1) is 0 Å². The Hall–Kier alpha value is -1.33. The van der Waals surface area contributed by atoms with Gasteiger partial charge in [-0.1, -0.05) is 25.1 Å². The smallest absolute Gasteiger partial charge is 0.122 e. The summed E-state index contributed by atoms with van der Waals surface area (Å²) in [5, 5.41) is 12.6. The average molecular weight is 216 g/mol. The molecule has 0 radical (unpaired) electrons. The van der Waals surface area contributed by atoms with Crippen molar-refractivity contribution < 1.29 is 0 Å². The van der Waals surface area contributed by atoms with Gasteiger partial charge >= 0.3 is 0 Å². The number of nitrogens with zero attached hydrogens (tertiary/aromatic N) is 1. The molecule has 86 valence electrons. The summed E-state index contributed by atoms with van der Waals surface area (Å²) in [7, 11) is 0. The molecule has 1 N–H and O–H groups in total. The summed E-state index contributed by atoms with van der Waals surface area (Å²) in [6.45, 7) is 8.35. The van der Waals surface area contributed by atoms with E-state index in [-0.39, 0.29) is 6.04 Å². The van der Waals surface area contributed by atoms with Crippen molar-refractivity contribution in [2.24, 2.45) is 0 Å². The van der Waals surface area contributed by atoms with Gasteiger partial charge in [0, 0.05) is 6.04 Å². The van der Waals surface area contributed by atoms with Gasteiger partial charge in [-0.25, -0.2) is 0 Å². The molecule has 2 nitrogen and oxygen atoms in total. The predicted molar refractivity (Wildman–Crippen MR) is 67.2 cm³/mol. The Balaban J connectivity index is 3.00. The quantitative estimate of drug-likeness (QED) is 0.838. The minimum absolute atomic E-state index is 0.198. The Morgan fingerprint density at radius 3 is 2.31 bits per heavy atom. The molecule has 0 spiro atoms. The van der Waals surface area contributed by atoms with E-state index in [2.05, 4.69) is 51.2 Å². The van der Waals surface area contributed by atoms with Crippen LogP contribution in [0.1, 0.15) is 43.0 Å². The maximum absolute atomic E-state index is 9.26. The SMILES string of the molecule is CCC(C)NC(C#N)c1c(C)cccc1C. The molecule has 2 unspecified atom stereocenters. The third kappa shape index (κ3) is 2.84. The molecule has 0 aromatic heterocycles. The van der Waals surface area contributed by atoms with Crippen molar-refractivity contribution in [2.45, 2.75) is 46.2 Å². The standard InChI is InChI=1S/C14H20N2/c1-5-12(4)16-13(9-15)14-10(2)7-6-8-11(14)3/h6-8,12-13,16H,5H2,1-4H3. The van der Waals surface area contributed by atoms with E-state index in [1.807, 2.05) is 6.07 Å². The zero-order valence-electron chi connectivity index (χ0n) is 10.5. The fraction of sp³-hybridized carbons (Fsp3) is 0.500. The Morgan fingerprint density at radius 1 is 1.31 bits per heavy atom. The molecule has 16 heavy (non-hydrogen) atoms. The summed E-state index contributed by atoms with van der Waals surface area (Å²) in [4.78, 5) is 0. The molecule has 0 aliphatic rings. The first-order chi connectivity index (χ1) is 7.60. The van der Waals surface area contributed by atoms with Gasteiger partial charge < -0.3 is 0 Å². The minimum Gasteiger partial charge on any atom is -0.296 e. The third-order valence-electron chi connectivity index (χ3n) is 3.02. The number of hydrogen-bond acceptors (Lipinski definition) is 2. The number of nitriles is 1. The van der Waals surface area contributed by atoms with Crippen molar-refractivity contribution in [1.29, 1.82) is 5.26 Å². The average Bonchev–Trinajstić information content (AvgIpc) is 2.27. The lowest BCUT2D eigenvalue weighted by atomic mass is 9.96. The van der Waals surface area contributed by atoms with Crippen molar-refractivity contribution in [1.82, 2.24) is 5.32 Å². The van der Waals surface area contributed by atoms with Crippen LogP contribution < -0.4 is 5.32 Å². The van der Waals surface area contributed by atoms with Gasteiger partial charge in [0.1, 0.15) is 6.04 Å². The topological polar surface area (TPSA) is 35.8 Å². The van der Waals surface area contributed by atoms with E-state index >= 15 is 0 Å². The molecule has 0 aliphatic heterocycles. The minimum atomic E-state index is -0.198. The lowest BCUT2D eigenvalue weighted by Gasteiger charge is -2.20. The Labute approximate surface area is 98.3 Å². The summed E-state index contributed by atoms with van der Waals surface area (Å²) >= 11 is 0. The molecule has 0 bridgehead atoms. The highest BCUT2D eigenvalue weighted by Gasteiger charge is 2.16. The third-order valence-corrected chi connectivity index (χ3v) is 3.02. The largest absolute Gasteiger partial charge is 0.296 e. The molecule has 1 aromatic rings. The monoisotopic (exact) mass is 216 g/mol. The van der Waals surface area contributed by atoms with E-state index in [9.17, 15) is 5.26 Å². The number of aryl methyl sites for hydroxylation is 2. The number of hydrogen-bond donors (Lipinski definition) is 1. The summed E-state index contributed by atoms with van der Waals surface area (Å²) in [6.07, 6.45) is 1.03. The molecule has 0 saturated heterocycles. The maximum Gasteiger partial charge on any atom is 0.122 e. The first kappa shape index (κ1) is 12.7. The number of rotatable bonds is 4. The van der Waals surface area contributed by atoms with E-state index in [0.29, 0.717) is 6.04 Å². The van der Waals surface area contributed by atoms with Crippen LogP contribution in [0.3, 0.4) is 0 Å². The van der Waals surface area contributed by atoms with Crippen LogP contribution in [-0.2, 0) is 0 Å². The summed E-state index contributed by atoms with van der Waals surface area (Å²) < 4.78 is 0. The molecule has 0 fully saturated rings. The first-order valence-electron chi connectivity index (χ1n) is 5.82. The molecular weight excluding hydrogens is 196 g/mol. The van der Waals surface area contributed by atoms with Crippen LogP contribution in [0.25, 0.3) is 0 Å². The van der Waals surface area contributed by atoms with Crippen molar-refractivity contribution in [3.05, 3.63) is 34.9 Å². The second kappa shape index (κ2) is 5.67. The second-order valence-electron chi connectivity index (χ2n) is 4.34. The molecule has 0 heterocycles. The van der Waals surface area contributed by atoms with Crippen molar-refractivity contribution in [3.63, 3.8) is 0 Å². The van der Waals surface area contributed by atoms with Crippen molar-refractivity contribution in [3.8, 4) is 6.07 Å². The van der Waals surface area contributed by atoms with Gasteiger partial charge in [0.05, 0.1) is 6.07 Å². The highest BCUT2D eigenvalue weighted by atomic mass is 14.9. The summed E-state index contributed by atoms with van der Waals surface area (Å²) in [6, 6.07) is 8.68. The van der Waals surface area contributed by atoms with Crippen LogP contribution in [0.4, 0.5) is 0 Å². The Morgan fingerprint density at radius 2 is 1.88 bits per heavy atom. The highest BCUT2D eigenvalue weighted by Crippen LogP contribution is 2.21. The number of benzene rings is 1. The van der Waals surface area contributed by atoms with Crippen LogP contribution in [0.2, 0.25) is 0 Å². The van der Waals surface area contributed by atoms with Gasteiger partial charge in [-0.3, -0.25) is 5.32 Å². The first-order valence-corrected chi connectivity index (χ1v) is 5.82. The van der Waals surface area contributed by atoms with E-state index in [1.165, 1.54) is 11.1 Å². The Kier molecular flexibility index (Phi) is 4.52. The second-order valence-corrected chi connectivity index (χ2v) is 4.34. The van der Waals surface area contributed by atoms with Gasteiger partial charge in [-0.05, 0) is 43.9 Å². The fourth-order valence-corrected chi connectivity index (χ4v) is 1.87. The molecule has 2 heteroatoms.